The first kappa shape index (κ1) is 17.2. The summed E-state index contributed by atoms with van der Waals surface area (Å²) < 4.78 is 0. The number of allylic oxidation sites excluding steroid dienone is 3. The van der Waals surface area contributed by atoms with E-state index in [1.807, 2.05) is 13.0 Å². The Bertz CT molecular complexity index is 524. The van der Waals surface area contributed by atoms with E-state index >= 15 is 0 Å². The van der Waals surface area contributed by atoms with Crippen LogP contribution in [-0.2, 0) is 4.79 Å². The number of carbonyl (C=O) groups is 1. The maximum absolute atomic E-state index is 12.0. The third-order valence-electron chi connectivity index (χ3n) is 4.04. The molecule has 0 spiro atoms. The lowest BCUT2D eigenvalue weighted by Crippen LogP contribution is -2.29. The molecular formula is C18H22O3. The van der Waals surface area contributed by atoms with Gasteiger partial charge in [-0.2, -0.15) is 0 Å². The molecule has 1 rings (SSSR count). The average molecular weight is 286 g/mol. The molecule has 1 aliphatic rings. The van der Waals surface area contributed by atoms with E-state index in [1.165, 1.54) is 12.2 Å². The van der Waals surface area contributed by atoms with Gasteiger partial charge in [0, 0.05) is 11.8 Å². The number of hydrogen-bond acceptors (Lipinski definition) is 3. The lowest BCUT2D eigenvalue weighted by atomic mass is 9.75. The van der Waals surface area contributed by atoms with E-state index in [0.29, 0.717) is 19.3 Å². The molecule has 2 N–H and O–H groups in total. The third kappa shape index (κ3) is 4.90. The van der Waals surface area contributed by atoms with Crippen LogP contribution in [0.5, 0.6) is 0 Å². The molecule has 1 unspecified atom stereocenters. The molecule has 0 aromatic carbocycles. The van der Waals surface area contributed by atoms with E-state index in [4.69, 9.17) is 5.11 Å². The first-order chi connectivity index (χ1) is 10.0. The van der Waals surface area contributed by atoms with Crippen molar-refractivity contribution in [2.75, 3.05) is 6.61 Å². The highest BCUT2D eigenvalue weighted by atomic mass is 16.3. The Labute approximate surface area is 126 Å². The molecular weight excluding hydrogens is 264 g/mol. The van der Waals surface area contributed by atoms with Crippen molar-refractivity contribution in [1.82, 2.24) is 0 Å². The Kier molecular flexibility index (Phi) is 6.96. The molecule has 1 aliphatic carbocycles. The van der Waals surface area contributed by atoms with Crippen LogP contribution >= 0.6 is 0 Å². The van der Waals surface area contributed by atoms with Crippen molar-refractivity contribution in [2.45, 2.75) is 38.7 Å². The van der Waals surface area contributed by atoms with Gasteiger partial charge in [0.25, 0.3) is 0 Å². The second-order valence-electron chi connectivity index (χ2n) is 5.38. The Hall–Kier alpha value is -1.81. The molecule has 0 bridgehead atoms. The van der Waals surface area contributed by atoms with Crippen LogP contribution in [0.2, 0.25) is 0 Å². The Morgan fingerprint density at radius 3 is 2.86 bits per heavy atom. The number of ketones is 1. The molecule has 0 aromatic rings. The maximum Gasteiger partial charge on any atom is 0.139 e. The number of Topliss-reactive ketones (excluding diaryl/α,β-unsaturated/α-hetero) is 1. The Morgan fingerprint density at radius 1 is 1.48 bits per heavy atom. The quantitative estimate of drug-likeness (QED) is 0.612. The zero-order valence-electron chi connectivity index (χ0n) is 12.4. The summed E-state index contributed by atoms with van der Waals surface area (Å²) in [5, 5.41) is 18.3. The summed E-state index contributed by atoms with van der Waals surface area (Å²) in [6.07, 6.45) is 6.69. The van der Waals surface area contributed by atoms with Crippen molar-refractivity contribution in [2.24, 2.45) is 11.3 Å². The molecule has 112 valence electrons. The minimum Gasteiger partial charge on any atom is -0.384 e. The molecule has 0 amide bonds. The van der Waals surface area contributed by atoms with Gasteiger partial charge >= 0.3 is 0 Å². The fourth-order valence-corrected chi connectivity index (χ4v) is 2.64. The van der Waals surface area contributed by atoms with Gasteiger partial charge in [-0.15, -0.1) is 6.58 Å². The summed E-state index contributed by atoms with van der Waals surface area (Å²) >= 11 is 0. The summed E-state index contributed by atoms with van der Waals surface area (Å²) in [4.78, 5) is 12.0. The molecule has 1 fully saturated rings. The van der Waals surface area contributed by atoms with Gasteiger partial charge in [-0.05, 0) is 37.3 Å². The fourth-order valence-electron chi connectivity index (χ4n) is 2.64. The predicted octanol–water partition coefficient (Wildman–Crippen LogP) is 1.85. The first-order valence-corrected chi connectivity index (χ1v) is 7.14. The Morgan fingerprint density at radius 2 is 2.19 bits per heavy atom. The van der Waals surface area contributed by atoms with Crippen molar-refractivity contribution >= 4 is 5.78 Å². The zero-order valence-corrected chi connectivity index (χ0v) is 12.4. The van der Waals surface area contributed by atoms with Crippen LogP contribution in [0.4, 0.5) is 0 Å². The maximum atomic E-state index is 12.0. The number of aliphatic hydroxyl groups is 2. The molecule has 0 saturated heterocycles. The van der Waals surface area contributed by atoms with Crippen LogP contribution in [-0.4, -0.2) is 28.7 Å². The molecule has 3 atom stereocenters. The van der Waals surface area contributed by atoms with Gasteiger partial charge in [0.05, 0.1) is 0 Å². The summed E-state index contributed by atoms with van der Waals surface area (Å²) in [5.74, 6) is 10.9. The van der Waals surface area contributed by atoms with Crippen LogP contribution in [0.3, 0.4) is 0 Å². The van der Waals surface area contributed by atoms with E-state index in [0.717, 1.165) is 6.42 Å². The Balaban J connectivity index is 2.51. The normalized spacial score (nSPS) is 25.9. The minimum absolute atomic E-state index is 0.183. The SMILES string of the molecule is C=C[C@@H]1CCC(=O)[C@@]1(C)CCC(O)C#C/C=C\C#CCO. The second-order valence-corrected chi connectivity index (χ2v) is 5.38. The van der Waals surface area contributed by atoms with Crippen LogP contribution in [0.25, 0.3) is 0 Å². The highest BCUT2D eigenvalue weighted by Gasteiger charge is 2.43. The van der Waals surface area contributed by atoms with Crippen LogP contribution < -0.4 is 0 Å². The topological polar surface area (TPSA) is 57.5 Å². The van der Waals surface area contributed by atoms with Crippen molar-refractivity contribution in [3.8, 4) is 23.7 Å². The molecule has 0 aromatic heterocycles. The monoisotopic (exact) mass is 286 g/mol. The minimum atomic E-state index is -0.754. The molecule has 3 heteroatoms. The lowest BCUT2D eigenvalue weighted by Gasteiger charge is -2.28. The number of aliphatic hydroxyl groups excluding tert-OH is 2. The largest absolute Gasteiger partial charge is 0.384 e. The third-order valence-corrected chi connectivity index (χ3v) is 4.04. The van der Waals surface area contributed by atoms with Crippen LogP contribution in [0.15, 0.2) is 24.8 Å². The van der Waals surface area contributed by atoms with E-state index in [1.54, 1.807) is 0 Å². The second kappa shape index (κ2) is 8.47. The fraction of sp³-hybridized carbons (Fsp3) is 0.500. The summed E-state index contributed by atoms with van der Waals surface area (Å²) in [6, 6.07) is 0. The summed E-state index contributed by atoms with van der Waals surface area (Å²) in [6.45, 7) is 5.58. The van der Waals surface area contributed by atoms with E-state index in [9.17, 15) is 9.90 Å². The molecule has 21 heavy (non-hydrogen) atoms. The van der Waals surface area contributed by atoms with Gasteiger partial charge in [0.1, 0.15) is 18.5 Å². The van der Waals surface area contributed by atoms with Gasteiger partial charge in [-0.3, -0.25) is 4.79 Å². The van der Waals surface area contributed by atoms with Crippen molar-refractivity contribution < 1.29 is 15.0 Å². The molecule has 0 heterocycles. The van der Waals surface area contributed by atoms with E-state index < -0.39 is 11.5 Å². The standard InChI is InChI=1S/C18H22O3/c1-3-15-10-11-17(21)18(15,2)13-12-16(20)9-7-5-4-6-8-14-19/h3-5,15-16,19-20H,1,10-14H2,2H3/b5-4-/t15-,16?,18+/m1/s1. The molecule has 0 radical (unpaired) electrons. The highest BCUT2D eigenvalue weighted by Crippen LogP contribution is 2.44. The molecule has 1 saturated carbocycles. The van der Waals surface area contributed by atoms with Crippen molar-refractivity contribution in [3.05, 3.63) is 24.8 Å². The van der Waals surface area contributed by atoms with Crippen LogP contribution in [0.1, 0.15) is 32.6 Å². The summed E-state index contributed by atoms with van der Waals surface area (Å²) in [5.41, 5.74) is -0.410. The molecule has 0 aliphatic heterocycles. The summed E-state index contributed by atoms with van der Waals surface area (Å²) in [7, 11) is 0. The first-order valence-electron chi connectivity index (χ1n) is 7.14. The number of hydrogen-bond donors (Lipinski definition) is 2. The van der Waals surface area contributed by atoms with Gasteiger partial charge in [-0.25, -0.2) is 0 Å². The zero-order chi connectivity index (χ0) is 15.7. The van der Waals surface area contributed by atoms with E-state index in [-0.39, 0.29) is 18.3 Å². The average Bonchev–Trinajstić information content (AvgIpc) is 2.76. The number of carbonyl (C=O) groups excluding carboxylic acids is 1. The molecule has 3 nitrogen and oxygen atoms in total. The van der Waals surface area contributed by atoms with Crippen LogP contribution in [0, 0.1) is 35.0 Å². The predicted molar refractivity (Wildman–Crippen MR) is 83.1 cm³/mol. The highest BCUT2D eigenvalue weighted by molar-refractivity contribution is 5.87. The van der Waals surface area contributed by atoms with Gasteiger partial charge in [0.15, 0.2) is 0 Å². The lowest BCUT2D eigenvalue weighted by molar-refractivity contribution is -0.126. The van der Waals surface area contributed by atoms with Gasteiger partial charge in [0.2, 0.25) is 0 Å². The number of rotatable bonds is 4. The van der Waals surface area contributed by atoms with Crippen molar-refractivity contribution in [3.63, 3.8) is 0 Å². The smallest absolute Gasteiger partial charge is 0.139 e. The van der Waals surface area contributed by atoms with Gasteiger partial charge in [-0.1, -0.05) is 36.7 Å². The van der Waals surface area contributed by atoms with E-state index in [2.05, 4.69) is 30.3 Å². The van der Waals surface area contributed by atoms with Gasteiger partial charge < -0.3 is 10.2 Å². The van der Waals surface area contributed by atoms with Crippen molar-refractivity contribution in [1.29, 1.82) is 0 Å².